The molecule has 1 heterocycles. The molecular formula is C16H16ClN3O3. The van der Waals surface area contributed by atoms with Gasteiger partial charge in [-0.05, 0) is 30.3 Å². The third kappa shape index (κ3) is 5.27. The van der Waals surface area contributed by atoms with E-state index in [9.17, 15) is 9.59 Å². The lowest BCUT2D eigenvalue weighted by Crippen LogP contribution is -2.33. The summed E-state index contributed by atoms with van der Waals surface area (Å²) in [7, 11) is 1.56. The number of pyridine rings is 1. The number of likely N-dealkylation sites (N-methyl/N-ethyl adjacent to an activating group) is 1. The Bertz CT molecular complexity index is 687. The third-order valence-corrected chi connectivity index (χ3v) is 3.23. The Morgan fingerprint density at radius 1 is 1.22 bits per heavy atom. The van der Waals surface area contributed by atoms with Crippen molar-refractivity contribution in [3.05, 3.63) is 47.6 Å². The normalized spacial score (nSPS) is 10.0. The molecule has 0 fully saturated rings. The predicted molar refractivity (Wildman–Crippen MR) is 87.7 cm³/mol. The SMILES string of the molecule is CC(=O)N(C)CC(=O)Nc1ccc(Oc2ccc(Cl)cc2)nc1. The molecule has 0 aliphatic carbocycles. The number of ether oxygens (including phenoxy) is 1. The van der Waals surface area contributed by atoms with E-state index in [2.05, 4.69) is 10.3 Å². The number of carbonyl (C=O) groups excluding carboxylic acids is 2. The predicted octanol–water partition coefficient (Wildman–Crippen LogP) is 2.94. The van der Waals surface area contributed by atoms with Crippen LogP contribution >= 0.6 is 11.6 Å². The summed E-state index contributed by atoms with van der Waals surface area (Å²) in [4.78, 5) is 28.3. The van der Waals surface area contributed by atoms with Crippen LogP contribution in [0.3, 0.4) is 0 Å². The highest BCUT2D eigenvalue weighted by Crippen LogP contribution is 2.22. The van der Waals surface area contributed by atoms with Gasteiger partial charge in [-0.3, -0.25) is 9.59 Å². The molecule has 2 rings (SSSR count). The molecule has 0 saturated carbocycles. The summed E-state index contributed by atoms with van der Waals surface area (Å²) in [6, 6.07) is 10.2. The van der Waals surface area contributed by atoms with Gasteiger partial charge in [0, 0.05) is 25.1 Å². The molecule has 1 aromatic heterocycles. The third-order valence-electron chi connectivity index (χ3n) is 2.97. The van der Waals surface area contributed by atoms with E-state index < -0.39 is 0 Å². The Labute approximate surface area is 139 Å². The Morgan fingerprint density at radius 3 is 2.48 bits per heavy atom. The number of anilines is 1. The molecule has 0 atom stereocenters. The summed E-state index contributed by atoms with van der Waals surface area (Å²) < 4.78 is 5.55. The molecule has 0 radical (unpaired) electrons. The lowest BCUT2D eigenvalue weighted by molar-refractivity contribution is -0.131. The second-order valence-electron chi connectivity index (χ2n) is 4.86. The lowest BCUT2D eigenvalue weighted by atomic mass is 10.3. The van der Waals surface area contributed by atoms with Gasteiger partial charge in [0.05, 0.1) is 18.4 Å². The molecule has 7 heteroatoms. The first-order valence-corrected chi connectivity index (χ1v) is 7.23. The van der Waals surface area contributed by atoms with Gasteiger partial charge in [0.25, 0.3) is 0 Å². The first-order chi connectivity index (χ1) is 10.9. The van der Waals surface area contributed by atoms with Crippen LogP contribution in [0.15, 0.2) is 42.6 Å². The number of nitrogens with zero attached hydrogens (tertiary/aromatic N) is 2. The van der Waals surface area contributed by atoms with E-state index in [-0.39, 0.29) is 18.4 Å². The van der Waals surface area contributed by atoms with Crippen molar-refractivity contribution in [3.8, 4) is 11.6 Å². The van der Waals surface area contributed by atoms with Crippen LogP contribution in [0.25, 0.3) is 0 Å². The number of halogens is 1. The summed E-state index contributed by atoms with van der Waals surface area (Å²) >= 11 is 5.80. The van der Waals surface area contributed by atoms with E-state index in [1.54, 1.807) is 43.4 Å². The molecule has 6 nitrogen and oxygen atoms in total. The van der Waals surface area contributed by atoms with Gasteiger partial charge in [0.15, 0.2) is 0 Å². The summed E-state index contributed by atoms with van der Waals surface area (Å²) in [5, 5.41) is 3.28. The fourth-order valence-electron chi connectivity index (χ4n) is 1.67. The van der Waals surface area contributed by atoms with Crippen molar-refractivity contribution < 1.29 is 14.3 Å². The number of carbonyl (C=O) groups is 2. The minimum absolute atomic E-state index is 0.0155. The Hall–Kier alpha value is -2.60. The molecule has 0 spiro atoms. The minimum Gasteiger partial charge on any atom is -0.439 e. The molecule has 23 heavy (non-hydrogen) atoms. The van der Waals surface area contributed by atoms with Crippen LogP contribution < -0.4 is 10.1 Å². The summed E-state index contributed by atoms with van der Waals surface area (Å²) in [6.45, 7) is 1.39. The van der Waals surface area contributed by atoms with E-state index in [0.29, 0.717) is 22.3 Å². The van der Waals surface area contributed by atoms with Gasteiger partial charge in [-0.2, -0.15) is 0 Å². The fourth-order valence-corrected chi connectivity index (χ4v) is 1.79. The highest BCUT2D eigenvalue weighted by Gasteiger charge is 2.09. The number of hydrogen-bond acceptors (Lipinski definition) is 4. The molecule has 120 valence electrons. The van der Waals surface area contributed by atoms with Crippen LogP contribution in [0.2, 0.25) is 5.02 Å². The fraction of sp³-hybridized carbons (Fsp3) is 0.188. The molecule has 2 aromatic rings. The van der Waals surface area contributed by atoms with Crippen molar-refractivity contribution in [3.63, 3.8) is 0 Å². The Kier molecular flexibility index (Phi) is 5.54. The number of rotatable bonds is 5. The van der Waals surface area contributed by atoms with Crippen molar-refractivity contribution >= 4 is 29.1 Å². The van der Waals surface area contributed by atoms with Crippen molar-refractivity contribution in [2.75, 3.05) is 18.9 Å². The van der Waals surface area contributed by atoms with Crippen LogP contribution in [0, 0.1) is 0 Å². The molecule has 0 unspecified atom stereocenters. The zero-order chi connectivity index (χ0) is 16.8. The van der Waals surface area contributed by atoms with Crippen LogP contribution in [-0.2, 0) is 9.59 Å². The Balaban J connectivity index is 1.92. The zero-order valence-electron chi connectivity index (χ0n) is 12.7. The maximum Gasteiger partial charge on any atom is 0.244 e. The van der Waals surface area contributed by atoms with Crippen molar-refractivity contribution in [1.29, 1.82) is 0 Å². The van der Waals surface area contributed by atoms with Gasteiger partial charge in [-0.1, -0.05) is 11.6 Å². The van der Waals surface area contributed by atoms with Crippen LogP contribution in [-0.4, -0.2) is 35.3 Å². The summed E-state index contributed by atoms with van der Waals surface area (Å²) in [6.07, 6.45) is 1.48. The first kappa shape index (κ1) is 16.8. The topological polar surface area (TPSA) is 71.5 Å². The molecule has 0 bridgehead atoms. The summed E-state index contributed by atoms with van der Waals surface area (Å²) in [5.41, 5.74) is 0.524. The zero-order valence-corrected chi connectivity index (χ0v) is 13.5. The maximum absolute atomic E-state index is 11.8. The monoisotopic (exact) mass is 333 g/mol. The van der Waals surface area contributed by atoms with E-state index in [1.807, 2.05) is 0 Å². The molecule has 0 aliphatic rings. The number of benzene rings is 1. The smallest absolute Gasteiger partial charge is 0.244 e. The van der Waals surface area contributed by atoms with Crippen LogP contribution in [0.4, 0.5) is 5.69 Å². The van der Waals surface area contributed by atoms with Crippen molar-refractivity contribution in [1.82, 2.24) is 9.88 Å². The standard InChI is InChI=1S/C16H16ClN3O3/c1-11(21)20(2)10-15(22)19-13-5-8-16(18-9-13)23-14-6-3-12(17)4-7-14/h3-9H,10H2,1-2H3,(H,19,22). The van der Waals surface area contributed by atoms with Crippen molar-refractivity contribution in [2.45, 2.75) is 6.92 Å². The van der Waals surface area contributed by atoms with Gasteiger partial charge >= 0.3 is 0 Å². The van der Waals surface area contributed by atoms with Crippen LogP contribution in [0.1, 0.15) is 6.92 Å². The quantitative estimate of drug-likeness (QED) is 0.913. The van der Waals surface area contributed by atoms with E-state index in [4.69, 9.17) is 16.3 Å². The summed E-state index contributed by atoms with van der Waals surface area (Å²) in [5.74, 6) is 0.536. The average molecular weight is 334 g/mol. The van der Waals surface area contributed by atoms with Crippen molar-refractivity contribution in [2.24, 2.45) is 0 Å². The van der Waals surface area contributed by atoms with E-state index in [1.165, 1.54) is 18.0 Å². The number of aromatic nitrogens is 1. The minimum atomic E-state index is -0.295. The second kappa shape index (κ2) is 7.60. The average Bonchev–Trinajstić information content (AvgIpc) is 2.51. The number of nitrogens with one attached hydrogen (secondary N) is 1. The van der Waals surface area contributed by atoms with E-state index >= 15 is 0 Å². The van der Waals surface area contributed by atoms with Gasteiger partial charge in [-0.15, -0.1) is 0 Å². The van der Waals surface area contributed by atoms with Gasteiger partial charge in [0.1, 0.15) is 5.75 Å². The molecule has 0 saturated heterocycles. The van der Waals surface area contributed by atoms with E-state index in [0.717, 1.165) is 0 Å². The molecule has 2 amide bonds. The number of hydrogen-bond donors (Lipinski definition) is 1. The molecule has 1 aromatic carbocycles. The second-order valence-corrected chi connectivity index (χ2v) is 5.30. The molecular weight excluding hydrogens is 318 g/mol. The largest absolute Gasteiger partial charge is 0.439 e. The number of amides is 2. The first-order valence-electron chi connectivity index (χ1n) is 6.85. The van der Waals surface area contributed by atoms with Gasteiger partial charge in [0.2, 0.25) is 17.7 Å². The molecule has 0 aliphatic heterocycles. The van der Waals surface area contributed by atoms with Gasteiger partial charge in [-0.25, -0.2) is 4.98 Å². The highest BCUT2D eigenvalue weighted by atomic mass is 35.5. The lowest BCUT2D eigenvalue weighted by Gasteiger charge is -2.14. The molecule has 1 N–H and O–H groups in total. The Morgan fingerprint density at radius 2 is 1.91 bits per heavy atom. The maximum atomic E-state index is 11.8. The highest BCUT2D eigenvalue weighted by molar-refractivity contribution is 6.30. The van der Waals surface area contributed by atoms with Crippen LogP contribution in [0.5, 0.6) is 11.6 Å². The van der Waals surface area contributed by atoms with Gasteiger partial charge < -0.3 is 15.0 Å².